The van der Waals surface area contributed by atoms with Gasteiger partial charge in [0.15, 0.2) is 0 Å². The van der Waals surface area contributed by atoms with Crippen LogP contribution < -0.4 is 5.32 Å². The molecule has 0 aromatic carbocycles. The zero-order valence-electron chi connectivity index (χ0n) is 11.8. The molecule has 1 aromatic rings. The van der Waals surface area contributed by atoms with Gasteiger partial charge in [0.25, 0.3) is 0 Å². The van der Waals surface area contributed by atoms with Crippen LogP contribution in [0.15, 0.2) is 12.5 Å². The maximum atomic E-state index is 5.54. The van der Waals surface area contributed by atoms with Crippen LogP contribution in [0.3, 0.4) is 0 Å². The molecule has 104 valence electrons. The average Bonchev–Trinajstić information content (AvgIpc) is 2.82. The number of rotatable bonds is 11. The summed E-state index contributed by atoms with van der Waals surface area (Å²) in [5.41, 5.74) is 1.12. The average molecular weight is 253 g/mol. The molecule has 0 bridgehead atoms. The first kappa shape index (κ1) is 15.2. The van der Waals surface area contributed by atoms with Gasteiger partial charge >= 0.3 is 0 Å². The number of nitrogens with zero attached hydrogens (tertiary/aromatic N) is 2. The highest BCUT2D eigenvalue weighted by Crippen LogP contribution is 1.98. The highest BCUT2D eigenvalue weighted by molar-refractivity contribution is 4.95. The molecule has 0 radical (unpaired) electrons. The quantitative estimate of drug-likeness (QED) is 0.616. The molecule has 0 fully saturated rings. The van der Waals surface area contributed by atoms with E-state index in [9.17, 15) is 0 Å². The van der Waals surface area contributed by atoms with Crippen molar-refractivity contribution in [3.8, 4) is 0 Å². The first-order valence-corrected chi connectivity index (χ1v) is 7.16. The Morgan fingerprint density at radius 3 is 2.83 bits per heavy atom. The predicted octanol–water partition coefficient (Wildman–Crippen LogP) is 2.59. The second kappa shape index (κ2) is 10.1. The third-order valence-corrected chi connectivity index (χ3v) is 2.77. The Kier molecular flexibility index (Phi) is 8.51. The smallest absolute Gasteiger partial charge is 0.0949 e. The standard InChI is InChI=1S/C14H27N3O/c1-3-5-9-18-10-6-8-17-12-14(16-13-17)11-15-7-4-2/h12-13,15H,3-11H2,1-2H3. The van der Waals surface area contributed by atoms with E-state index >= 15 is 0 Å². The Hall–Kier alpha value is -0.870. The summed E-state index contributed by atoms with van der Waals surface area (Å²) in [5, 5.41) is 3.35. The van der Waals surface area contributed by atoms with Crippen molar-refractivity contribution in [3.63, 3.8) is 0 Å². The molecule has 0 amide bonds. The minimum Gasteiger partial charge on any atom is -0.381 e. The first-order valence-electron chi connectivity index (χ1n) is 7.16. The maximum Gasteiger partial charge on any atom is 0.0949 e. The Labute approximate surface area is 111 Å². The van der Waals surface area contributed by atoms with Crippen molar-refractivity contribution in [2.45, 2.75) is 52.6 Å². The molecule has 0 aliphatic carbocycles. The van der Waals surface area contributed by atoms with Crippen molar-refractivity contribution in [2.75, 3.05) is 19.8 Å². The molecule has 0 aliphatic rings. The van der Waals surface area contributed by atoms with Gasteiger partial charge in [-0.2, -0.15) is 0 Å². The molecule has 4 nitrogen and oxygen atoms in total. The van der Waals surface area contributed by atoms with E-state index in [1.54, 1.807) is 0 Å². The summed E-state index contributed by atoms with van der Waals surface area (Å²) in [7, 11) is 0. The van der Waals surface area contributed by atoms with Crippen molar-refractivity contribution < 1.29 is 4.74 Å². The third-order valence-electron chi connectivity index (χ3n) is 2.77. The van der Waals surface area contributed by atoms with Gasteiger partial charge in [-0.15, -0.1) is 0 Å². The van der Waals surface area contributed by atoms with Crippen LogP contribution in [0.4, 0.5) is 0 Å². The lowest BCUT2D eigenvalue weighted by molar-refractivity contribution is 0.126. The Balaban J connectivity index is 2.07. The minimum absolute atomic E-state index is 0.849. The molecule has 0 saturated heterocycles. The van der Waals surface area contributed by atoms with E-state index in [1.165, 1.54) is 12.8 Å². The highest BCUT2D eigenvalue weighted by Gasteiger charge is 1.98. The number of aromatic nitrogens is 2. The molecule has 1 heterocycles. The maximum absolute atomic E-state index is 5.54. The molecule has 0 spiro atoms. The highest BCUT2D eigenvalue weighted by atomic mass is 16.5. The molecule has 4 heteroatoms. The number of unbranched alkanes of at least 4 members (excludes halogenated alkanes) is 1. The number of nitrogens with one attached hydrogen (secondary N) is 1. The van der Waals surface area contributed by atoms with Gasteiger partial charge in [-0.05, 0) is 25.8 Å². The minimum atomic E-state index is 0.849. The molecular formula is C14H27N3O. The molecule has 1 rings (SSSR count). The van der Waals surface area contributed by atoms with Gasteiger partial charge in [0.05, 0.1) is 12.0 Å². The van der Waals surface area contributed by atoms with E-state index in [1.807, 2.05) is 6.33 Å². The van der Waals surface area contributed by atoms with E-state index in [0.717, 1.165) is 51.4 Å². The molecular weight excluding hydrogens is 226 g/mol. The summed E-state index contributed by atoms with van der Waals surface area (Å²) in [6, 6.07) is 0. The van der Waals surface area contributed by atoms with E-state index < -0.39 is 0 Å². The zero-order valence-corrected chi connectivity index (χ0v) is 11.8. The molecule has 0 aliphatic heterocycles. The Bertz CT molecular complexity index is 299. The topological polar surface area (TPSA) is 39.1 Å². The van der Waals surface area contributed by atoms with Crippen LogP contribution in [0.2, 0.25) is 0 Å². The van der Waals surface area contributed by atoms with Gasteiger partial charge in [-0.1, -0.05) is 20.3 Å². The molecule has 0 atom stereocenters. The van der Waals surface area contributed by atoms with Crippen LogP contribution in [0.25, 0.3) is 0 Å². The lowest BCUT2D eigenvalue weighted by Gasteiger charge is -2.04. The number of imidazole rings is 1. The van der Waals surface area contributed by atoms with Gasteiger partial charge in [0, 0.05) is 32.5 Å². The molecule has 0 unspecified atom stereocenters. The van der Waals surface area contributed by atoms with Crippen LogP contribution in [-0.2, 0) is 17.8 Å². The van der Waals surface area contributed by atoms with Gasteiger partial charge in [-0.3, -0.25) is 0 Å². The van der Waals surface area contributed by atoms with Crippen LogP contribution in [0, 0.1) is 0 Å². The number of hydrogen-bond donors (Lipinski definition) is 1. The van der Waals surface area contributed by atoms with Crippen LogP contribution >= 0.6 is 0 Å². The van der Waals surface area contributed by atoms with Crippen molar-refractivity contribution in [2.24, 2.45) is 0 Å². The zero-order chi connectivity index (χ0) is 13.1. The molecule has 1 aromatic heterocycles. The fourth-order valence-electron chi connectivity index (χ4n) is 1.71. The SMILES string of the molecule is CCCCOCCCn1cnc(CNCCC)c1. The largest absolute Gasteiger partial charge is 0.381 e. The first-order chi connectivity index (χ1) is 8.86. The van der Waals surface area contributed by atoms with Gasteiger partial charge in [0.2, 0.25) is 0 Å². The summed E-state index contributed by atoms with van der Waals surface area (Å²) in [4.78, 5) is 4.38. The predicted molar refractivity (Wildman–Crippen MR) is 74.6 cm³/mol. The van der Waals surface area contributed by atoms with Crippen LogP contribution in [0.1, 0.15) is 45.2 Å². The molecule has 1 N–H and O–H groups in total. The Morgan fingerprint density at radius 2 is 2.06 bits per heavy atom. The lowest BCUT2D eigenvalue weighted by Crippen LogP contribution is -2.13. The fourth-order valence-corrected chi connectivity index (χ4v) is 1.71. The second-order valence-electron chi connectivity index (χ2n) is 4.60. The van der Waals surface area contributed by atoms with E-state index in [-0.39, 0.29) is 0 Å². The van der Waals surface area contributed by atoms with Crippen molar-refractivity contribution in [1.82, 2.24) is 14.9 Å². The summed E-state index contributed by atoms with van der Waals surface area (Å²) >= 11 is 0. The van der Waals surface area contributed by atoms with Crippen molar-refractivity contribution in [1.29, 1.82) is 0 Å². The monoisotopic (exact) mass is 253 g/mol. The third kappa shape index (κ3) is 6.77. The second-order valence-corrected chi connectivity index (χ2v) is 4.60. The van der Waals surface area contributed by atoms with Gasteiger partial charge in [0.1, 0.15) is 0 Å². The normalized spacial score (nSPS) is 11.0. The van der Waals surface area contributed by atoms with Crippen molar-refractivity contribution >= 4 is 0 Å². The van der Waals surface area contributed by atoms with Crippen LogP contribution in [-0.4, -0.2) is 29.3 Å². The van der Waals surface area contributed by atoms with E-state index in [0.29, 0.717) is 0 Å². The summed E-state index contributed by atoms with van der Waals surface area (Å²) in [5.74, 6) is 0. The van der Waals surface area contributed by atoms with E-state index in [2.05, 4.69) is 34.9 Å². The Morgan fingerprint density at radius 1 is 1.22 bits per heavy atom. The number of hydrogen-bond acceptors (Lipinski definition) is 3. The van der Waals surface area contributed by atoms with Crippen molar-refractivity contribution in [3.05, 3.63) is 18.2 Å². The van der Waals surface area contributed by atoms with E-state index in [4.69, 9.17) is 4.74 Å². The summed E-state index contributed by atoms with van der Waals surface area (Å²) in [6.07, 6.45) is 8.62. The number of aryl methyl sites for hydroxylation is 1. The molecule has 18 heavy (non-hydrogen) atoms. The lowest BCUT2D eigenvalue weighted by atomic mass is 10.3. The number of ether oxygens (including phenoxy) is 1. The summed E-state index contributed by atoms with van der Waals surface area (Å²) < 4.78 is 7.68. The van der Waals surface area contributed by atoms with Gasteiger partial charge < -0.3 is 14.6 Å². The van der Waals surface area contributed by atoms with Gasteiger partial charge in [-0.25, -0.2) is 4.98 Å². The fraction of sp³-hybridized carbons (Fsp3) is 0.786. The van der Waals surface area contributed by atoms with Crippen LogP contribution in [0.5, 0.6) is 0 Å². The summed E-state index contributed by atoms with van der Waals surface area (Å²) in [6.45, 7) is 9.01. The molecule has 0 saturated carbocycles.